The van der Waals surface area contributed by atoms with Crippen molar-refractivity contribution in [2.45, 2.75) is 53.1 Å². The van der Waals surface area contributed by atoms with Gasteiger partial charge in [0.2, 0.25) is 5.91 Å². The molecule has 29 heavy (non-hydrogen) atoms. The number of para-hydroxylation sites is 2. The summed E-state index contributed by atoms with van der Waals surface area (Å²) in [6, 6.07) is 16.2. The van der Waals surface area contributed by atoms with Crippen molar-refractivity contribution in [3.63, 3.8) is 0 Å². The summed E-state index contributed by atoms with van der Waals surface area (Å²) in [5, 5.41) is 3.07. The molecule has 0 atom stereocenters. The number of carbonyl (C=O) groups excluding carboxylic acids is 1. The average molecular weight is 394 g/mol. The van der Waals surface area contributed by atoms with Crippen molar-refractivity contribution in [2.24, 2.45) is 5.92 Å². The van der Waals surface area contributed by atoms with Gasteiger partial charge in [-0.15, -0.1) is 0 Å². The van der Waals surface area contributed by atoms with Crippen LogP contribution >= 0.6 is 0 Å². The molecule has 0 unspecified atom stereocenters. The SMILES string of the molecule is CCC(CC)C(=O)NCc1nc2ccccc2n1CCCOc1cccc(C)c1. The molecule has 3 rings (SSSR count). The standard InChI is InChI=1S/C24H31N3O2/c1-4-19(5-2)24(28)25-17-23-26-21-12-6-7-13-22(21)27(23)14-9-15-29-20-11-8-10-18(3)16-20/h6-8,10-13,16,19H,4-5,9,14-15,17H2,1-3H3,(H,25,28). The van der Waals surface area contributed by atoms with Gasteiger partial charge in [-0.1, -0.05) is 38.1 Å². The molecule has 0 aliphatic rings. The third kappa shape index (κ3) is 5.37. The number of fused-ring (bicyclic) bond motifs is 1. The second-order valence-electron chi connectivity index (χ2n) is 7.42. The van der Waals surface area contributed by atoms with E-state index in [0.717, 1.165) is 48.4 Å². The Labute approximate surface area is 173 Å². The highest BCUT2D eigenvalue weighted by Crippen LogP contribution is 2.18. The molecule has 3 aromatic rings. The van der Waals surface area contributed by atoms with Crippen LogP contribution in [0.15, 0.2) is 48.5 Å². The van der Waals surface area contributed by atoms with E-state index in [1.807, 2.05) is 36.4 Å². The van der Waals surface area contributed by atoms with Crippen molar-refractivity contribution in [3.05, 3.63) is 59.9 Å². The number of benzene rings is 2. The van der Waals surface area contributed by atoms with Gasteiger partial charge in [-0.2, -0.15) is 0 Å². The molecule has 1 N–H and O–H groups in total. The van der Waals surface area contributed by atoms with Crippen molar-refractivity contribution in [3.8, 4) is 5.75 Å². The van der Waals surface area contributed by atoms with Gasteiger partial charge in [-0.05, 0) is 56.0 Å². The van der Waals surface area contributed by atoms with E-state index < -0.39 is 0 Å². The summed E-state index contributed by atoms with van der Waals surface area (Å²) >= 11 is 0. The lowest BCUT2D eigenvalue weighted by Crippen LogP contribution is -2.30. The van der Waals surface area contributed by atoms with Crippen LogP contribution in [-0.2, 0) is 17.9 Å². The highest BCUT2D eigenvalue weighted by molar-refractivity contribution is 5.79. The van der Waals surface area contributed by atoms with E-state index in [4.69, 9.17) is 9.72 Å². The Morgan fingerprint density at radius 1 is 1.14 bits per heavy atom. The maximum Gasteiger partial charge on any atom is 0.223 e. The minimum absolute atomic E-state index is 0.0653. The molecule has 0 aliphatic carbocycles. The molecular weight excluding hydrogens is 362 g/mol. The quantitative estimate of drug-likeness (QED) is 0.500. The number of carbonyl (C=O) groups is 1. The van der Waals surface area contributed by atoms with E-state index in [-0.39, 0.29) is 11.8 Å². The maximum atomic E-state index is 12.4. The molecule has 1 heterocycles. The molecule has 0 bridgehead atoms. The molecule has 1 aromatic heterocycles. The van der Waals surface area contributed by atoms with E-state index in [0.29, 0.717) is 13.2 Å². The largest absolute Gasteiger partial charge is 0.494 e. The topological polar surface area (TPSA) is 56.2 Å². The second-order valence-corrected chi connectivity index (χ2v) is 7.42. The number of imidazole rings is 1. The predicted octanol–water partition coefficient (Wildman–Crippen LogP) is 4.87. The Morgan fingerprint density at radius 2 is 1.93 bits per heavy atom. The maximum absolute atomic E-state index is 12.4. The fraction of sp³-hybridized carbons (Fsp3) is 0.417. The molecule has 5 heteroatoms. The average Bonchev–Trinajstić information content (AvgIpc) is 3.08. The second kappa shape index (κ2) is 10.1. The Balaban J connectivity index is 1.65. The minimum Gasteiger partial charge on any atom is -0.494 e. The lowest BCUT2D eigenvalue weighted by Gasteiger charge is -2.14. The zero-order valence-electron chi connectivity index (χ0n) is 17.6. The number of hydrogen-bond donors (Lipinski definition) is 1. The molecule has 2 aromatic carbocycles. The van der Waals surface area contributed by atoms with E-state index in [1.165, 1.54) is 5.56 Å². The number of ether oxygens (including phenoxy) is 1. The fourth-order valence-electron chi connectivity index (χ4n) is 3.60. The number of aromatic nitrogens is 2. The van der Waals surface area contributed by atoms with Gasteiger partial charge < -0.3 is 14.6 Å². The van der Waals surface area contributed by atoms with E-state index >= 15 is 0 Å². The Morgan fingerprint density at radius 3 is 2.69 bits per heavy atom. The van der Waals surface area contributed by atoms with E-state index in [2.05, 4.69) is 42.8 Å². The number of aryl methyl sites for hydroxylation is 2. The molecular formula is C24H31N3O2. The van der Waals surface area contributed by atoms with Crippen LogP contribution in [0.5, 0.6) is 5.75 Å². The third-order valence-electron chi connectivity index (χ3n) is 5.30. The first-order chi connectivity index (χ1) is 14.1. The molecule has 154 valence electrons. The van der Waals surface area contributed by atoms with Gasteiger partial charge >= 0.3 is 0 Å². The Bertz CT molecular complexity index is 944. The number of amides is 1. The van der Waals surface area contributed by atoms with E-state index in [1.54, 1.807) is 0 Å². The van der Waals surface area contributed by atoms with Crippen LogP contribution in [0.25, 0.3) is 11.0 Å². The third-order valence-corrected chi connectivity index (χ3v) is 5.30. The van der Waals surface area contributed by atoms with Crippen molar-refractivity contribution < 1.29 is 9.53 Å². The normalized spacial score (nSPS) is 11.2. The fourth-order valence-corrected chi connectivity index (χ4v) is 3.60. The summed E-state index contributed by atoms with van der Waals surface area (Å²) in [4.78, 5) is 17.1. The van der Waals surface area contributed by atoms with Crippen molar-refractivity contribution in [1.82, 2.24) is 14.9 Å². The molecule has 1 amide bonds. The van der Waals surface area contributed by atoms with Gasteiger partial charge in [0.15, 0.2) is 0 Å². The minimum atomic E-state index is 0.0653. The van der Waals surface area contributed by atoms with Crippen LogP contribution < -0.4 is 10.1 Å². The lowest BCUT2D eigenvalue weighted by molar-refractivity contribution is -0.125. The summed E-state index contributed by atoms with van der Waals surface area (Å²) in [7, 11) is 0. The summed E-state index contributed by atoms with van der Waals surface area (Å²) in [6.45, 7) is 8.04. The Kier molecular flexibility index (Phi) is 7.28. The zero-order chi connectivity index (χ0) is 20.6. The first-order valence-corrected chi connectivity index (χ1v) is 10.5. The van der Waals surface area contributed by atoms with Crippen LogP contribution in [0, 0.1) is 12.8 Å². The van der Waals surface area contributed by atoms with E-state index in [9.17, 15) is 4.79 Å². The van der Waals surface area contributed by atoms with Crippen LogP contribution in [-0.4, -0.2) is 22.1 Å². The predicted molar refractivity (Wildman–Crippen MR) is 117 cm³/mol. The first kappa shape index (κ1) is 20.9. The molecule has 0 aliphatic heterocycles. The first-order valence-electron chi connectivity index (χ1n) is 10.5. The van der Waals surface area contributed by atoms with Gasteiger partial charge in [0, 0.05) is 12.5 Å². The van der Waals surface area contributed by atoms with Gasteiger partial charge in [-0.25, -0.2) is 4.98 Å². The molecule has 0 saturated carbocycles. The highest BCUT2D eigenvalue weighted by atomic mass is 16.5. The molecule has 5 nitrogen and oxygen atoms in total. The lowest BCUT2D eigenvalue weighted by atomic mass is 10.0. The zero-order valence-corrected chi connectivity index (χ0v) is 17.6. The van der Waals surface area contributed by atoms with Crippen LogP contribution in [0.2, 0.25) is 0 Å². The van der Waals surface area contributed by atoms with Crippen molar-refractivity contribution in [2.75, 3.05) is 6.61 Å². The van der Waals surface area contributed by atoms with Crippen molar-refractivity contribution in [1.29, 1.82) is 0 Å². The number of rotatable bonds is 10. The number of hydrogen-bond acceptors (Lipinski definition) is 3. The highest BCUT2D eigenvalue weighted by Gasteiger charge is 2.16. The van der Waals surface area contributed by atoms with Crippen LogP contribution in [0.3, 0.4) is 0 Å². The summed E-state index contributed by atoms with van der Waals surface area (Å²) < 4.78 is 8.09. The summed E-state index contributed by atoms with van der Waals surface area (Å²) in [6.07, 6.45) is 2.58. The molecule has 0 saturated heterocycles. The number of nitrogens with zero attached hydrogens (tertiary/aromatic N) is 2. The van der Waals surface area contributed by atoms with Gasteiger partial charge in [0.05, 0.1) is 24.2 Å². The molecule has 0 radical (unpaired) electrons. The molecule has 0 fully saturated rings. The van der Waals surface area contributed by atoms with Gasteiger partial charge in [0.25, 0.3) is 0 Å². The summed E-state index contributed by atoms with van der Waals surface area (Å²) in [5.41, 5.74) is 3.24. The molecule has 0 spiro atoms. The van der Waals surface area contributed by atoms with Gasteiger partial charge in [-0.3, -0.25) is 4.79 Å². The van der Waals surface area contributed by atoms with Crippen molar-refractivity contribution >= 4 is 16.9 Å². The van der Waals surface area contributed by atoms with Crippen LogP contribution in [0.1, 0.15) is 44.5 Å². The number of nitrogens with one attached hydrogen (secondary N) is 1. The van der Waals surface area contributed by atoms with Crippen LogP contribution in [0.4, 0.5) is 0 Å². The van der Waals surface area contributed by atoms with Gasteiger partial charge in [0.1, 0.15) is 11.6 Å². The summed E-state index contributed by atoms with van der Waals surface area (Å²) in [5.74, 6) is 1.96. The smallest absolute Gasteiger partial charge is 0.223 e. The Hall–Kier alpha value is -2.82. The monoisotopic (exact) mass is 393 g/mol.